The second kappa shape index (κ2) is 10.8. The zero-order valence-corrected chi connectivity index (χ0v) is 21.5. The fourth-order valence-corrected chi connectivity index (χ4v) is 5.68. The molecule has 3 aromatic rings. The van der Waals surface area contributed by atoms with Crippen molar-refractivity contribution in [1.29, 1.82) is 0 Å². The predicted octanol–water partition coefficient (Wildman–Crippen LogP) is 4.20. The number of amides is 1. The third-order valence-electron chi connectivity index (χ3n) is 6.51. The summed E-state index contributed by atoms with van der Waals surface area (Å²) in [7, 11) is -3.91. The van der Waals surface area contributed by atoms with E-state index in [1.165, 1.54) is 41.1 Å². The Morgan fingerprint density at radius 1 is 0.914 bits per heavy atom. The van der Waals surface area contributed by atoms with Gasteiger partial charge in [-0.3, -0.25) is 4.79 Å². The molecule has 1 amide bonds. The van der Waals surface area contributed by atoms with Crippen LogP contribution in [-0.4, -0.2) is 51.4 Å². The Morgan fingerprint density at radius 2 is 1.57 bits per heavy atom. The van der Waals surface area contributed by atoms with E-state index in [-0.39, 0.29) is 17.2 Å². The molecule has 6 nitrogen and oxygen atoms in total. The van der Waals surface area contributed by atoms with Crippen molar-refractivity contribution in [1.82, 2.24) is 9.62 Å². The molecule has 1 saturated heterocycles. The van der Waals surface area contributed by atoms with E-state index in [4.69, 9.17) is 11.6 Å². The number of nitrogens with one attached hydrogen (secondary N) is 1. The Kier molecular flexibility index (Phi) is 7.79. The smallest absolute Gasteiger partial charge is 0.241 e. The molecule has 0 unspecified atom stereocenters. The third-order valence-corrected chi connectivity index (χ3v) is 8.25. The molecule has 0 bridgehead atoms. The molecular formula is C27H30ClN3O3S. The maximum atomic E-state index is 13.6. The van der Waals surface area contributed by atoms with E-state index in [1.54, 1.807) is 4.90 Å². The topological polar surface area (TPSA) is 69.7 Å². The predicted molar refractivity (Wildman–Crippen MR) is 140 cm³/mol. The number of rotatable bonds is 7. The molecule has 0 radical (unpaired) electrons. The van der Waals surface area contributed by atoms with Crippen molar-refractivity contribution in [3.63, 3.8) is 0 Å². The van der Waals surface area contributed by atoms with Gasteiger partial charge in [-0.2, -0.15) is 4.72 Å². The summed E-state index contributed by atoms with van der Waals surface area (Å²) in [6.07, 6.45) is 0.268. The molecule has 184 valence electrons. The van der Waals surface area contributed by atoms with E-state index in [0.717, 1.165) is 5.56 Å². The highest BCUT2D eigenvalue weighted by Gasteiger charge is 2.31. The molecular weight excluding hydrogens is 482 g/mol. The minimum atomic E-state index is -3.91. The number of halogens is 1. The second-order valence-electron chi connectivity index (χ2n) is 8.85. The van der Waals surface area contributed by atoms with Crippen molar-refractivity contribution < 1.29 is 13.2 Å². The van der Waals surface area contributed by atoms with Gasteiger partial charge in [0.05, 0.1) is 4.90 Å². The Labute approximate surface area is 212 Å². The number of carbonyl (C=O) groups is 1. The fourth-order valence-electron chi connectivity index (χ4n) is 4.36. The van der Waals surface area contributed by atoms with Gasteiger partial charge in [0.1, 0.15) is 6.04 Å². The Bertz CT molecular complexity index is 1270. The lowest BCUT2D eigenvalue weighted by Crippen LogP contribution is -2.55. The second-order valence-corrected chi connectivity index (χ2v) is 11.0. The third kappa shape index (κ3) is 6.04. The molecule has 1 aliphatic rings. The first-order valence-electron chi connectivity index (χ1n) is 11.7. The summed E-state index contributed by atoms with van der Waals surface area (Å²) in [4.78, 5) is 17.7. The number of hydrogen-bond donors (Lipinski definition) is 1. The van der Waals surface area contributed by atoms with Crippen LogP contribution in [-0.2, 0) is 21.2 Å². The number of anilines is 1. The van der Waals surface area contributed by atoms with Gasteiger partial charge in [0.2, 0.25) is 15.9 Å². The van der Waals surface area contributed by atoms with Crippen molar-refractivity contribution in [3.05, 3.63) is 94.5 Å². The van der Waals surface area contributed by atoms with Crippen molar-refractivity contribution in [3.8, 4) is 0 Å². The van der Waals surface area contributed by atoms with Crippen LogP contribution in [0.5, 0.6) is 0 Å². The monoisotopic (exact) mass is 511 g/mol. The van der Waals surface area contributed by atoms with Gasteiger partial charge in [-0.1, -0.05) is 54.1 Å². The van der Waals surface area contributed by atoms with E-state index < -0.39 is 16.1 Å². The molecule has 1 aliphatic heterocycles. The Hall–Kier alpha value is -2.87. The summed E-state index contributed by atoms with van der Waals surface area (Å²) in [5.41, 5.74) is 4.55. The zero-order valence-electron chi connectivity index (χ0n) is 19.9. The summed E-state index contributed by atoms with van der Waals surface area (Å²) < 4.78 is 28.9. The Morgan fingerprint density at radius 3 is 2.23 bits per heavy atom. The molecule has 4 rings (SSSR count). The molecule has 0 spiro atoms. The zero-order chi connectivity index (χ0) is 25.0. The van der Waals surface area contributed by atoms with Gasteiger partial charge >= 0.3 is 0 Å². The van der Waals surface area contributed by atoms with Gasteiger partial charge in [-0.05, 0) is 67.3 Å². The van der Waals surface area contributed by atoms with Crippen LogP contribution >= 0.6 is 11.6 Å². The van der Waals surface area contributed by atoms with E-state index in [9.17, 15) is 13.2 Å². The number of carbonyl (C=O) groups excluding carboxylic acids is 1. The molecule has 35 heavy (non-hydrogen) atoms. The molecule has 1 heterocycles. The molecule has 8 heteroatoms. The SMILES string of the molecule is Cc1cccc(N2CCN(C(=O)[C@@H](Cc3ccccc3)NS(=O)(=O)c3ccc(Cl)cc3)CC2)c1C. The maximum Gasteiger partial charge on any atom is 0.241 e. The number of piperazine rings is 1. The summed E-state index contributed by atoms with van der Waals surface area (Å²) >= 11 is 5.92. The summed E-state index contributed by atoms with van der Waals surface area (Å²) in [6, 6.07) is 20.7. The highest BCUT2D eigenvalue weighted by molar-refractivity contribution is 7.89. The number of aryl methyl sites for hydroxylation is 1. The average Bonchev–Trinajstić information content (AvgIpc) is 2.86. The summed E-state index contributed by atoms with van der Waals surface area (Å²) in [6.45, 7) is 6.65. The quantitative estimate of drug-likeness (QED) is 0.516. The summed E-state index contributed by atoms with van der Waals surface area (Å²) in [5.74, 6) is -0.216. The number of sulfonamides is 1. The standard InChI is InChI=1S/C27H30ClN3O3S/c1-20-7-6-10-26(21(20)2)30-15-17-31(18-16-30)27(32)25(19-22-8-4-3-5-9-22)29-35(33,34)24-13-11-23(28)12-14-24/h3-14,25,29H,15-19H2,1-2H3/t25-/m1/s1. The molecule has 0 saturated carbocycles. The number of benzene rings is 3. The van der Waals surface area contributed by atoms with Crippen molar-refractivity contribution in [2.24, 2.45) is 0 Å². The minimum Gasteiger partial charge on any atom is -0.368 e. The largest absolute Gasteiger partial charge is 0.368 e. The van der Waals surface area contributed by atoms with Crippen molar-refractivity contribution in [2.75, 3.05) is 31.1 Å². The van der Waals surface area contributed by atoms with Crippen LogP contribution in [0.4, 0.5) is 5.69 Å². The van der Waals surface area contributed by atoms with Gasteiger partial charge in [-0.25, -0.2) is 8.42 Å². The van der Waals surface area contributed by atoms with Crippen LogP contribution in [0.25, 0.3) is 0 Å². The van der Waals surface area contributed by atoms with Crippen LogP contribution in [0.1, 0.15) is 16.7 Å². The molecule has 1 N–H and O–H groups in total. The summed E-state index contributed by atoms with van der Waals surface area (Å²) in [5, 5.41) is 0.447. The number of nitrogens with zero attached hydrogens (tertiary/aromatic N) is 2. The van der Waals surface area contributed by atoms with Gasteiger partial charge in [0.25, 0.3) is 0 Å². The lowest BCUT2D eigenvalue weighted by atomic mass is 10.0. The Balaban J connectivity index is 1.51. The van der Waals surface area contributed by atoms with Crippen molar-refractivity contribution >= 4 is 33.2 Å². The van der Waals surface area contributed by atoms with Gasteiger partial charge in [0, 0.05) is 36.9 Å². The number of hydrogen-bond acceptors (Lipinski definition) is 4. The van der Waals surface area contributed by atoms with Crippen LogP contribution in [0.15, 0.2) is 77.7 Å². The van der Waals surface area contributed by atoms with Gasteiger partial charge < -0.3 is 9.80 Å². The molecule has 1 atom stereocenters. The van der Waals surface area contributed by atoms with Gasteiger partial charge in [-0.15, -0.1) is 0 Å². The van der Waals surface area contributed by atoms with Gasteiger partial charge in [0.15, 0.2) is 0 Å². The van der Waals surface area contributed by atoms with Crippen LogP contribution in [0.2, 0.25) is 5.02 Å². The van der Waals surface area contributed by atoms with E-state index in [0.29, 0.717) is 31.2 Å². The van der Waals surface area contributed by atoms with Crippen LogP contribution < -0.4 is 9.62 Å². The van der Waals surface area contributed by atoms with Crippen LogP contribution in [0.3, 0.4) is 0 Å². The van der Waals surface area contributed by atoms with E-state index in [2.05, 4.69) is 41.7 Å². The molecule has 0 aliphatic carbocycles. The first kappa shape index (κ1) is 25.2. The van der Waals surface area contributed by atoms with Crippen LogP contribution in [0, 0.1) is 13.8 Å². The first-order valence-corrected chi connectivity index (χ1v) is 13.5. The maximum absolute atomic E-state index is 13.6. The normalized spacial score (nSPS) is 15.2. The first-order chi connectivity index (χ1) is 16.7. The lowest BCUT2D eigenvalue weighted by molar-refractivity contribution is -0.133. The molecule has 3 aromatic carbocycles. The highest BCUT2D eigenvalue weighted by atomic mass is 35.5. The molecule has 0 aromatic heterocycles. The highest BCUT2D eigenvalue weighted by Crippen LogP contribution is 2.24. The lowest BCUT2D eigenvalue weighted by Gasteiger charge is -2.38. The minimum absolute atomic E-state index is 0.0764. The van der Waals surface area contributed by atoms with Crippen molar-refractivity contribution in [2.45, 2.75) is 31.2 Å². The van der Waals surface area contributed by atoms with E-state index >= 15 is 0 Å². The van der Waals surface area contributed by atoms with E-state index in [1.807, 2.05) is 30.3 Å². The average molecular weight is 512 g/mol. The molecule has 1 fully saturated rings. The fraction of sp³-hybridized carbons (Fsp3) is 0.296.